The summed E-state index contributed by atoms with van der Waals surface area (Å²) >= 11 is 5.48. The largest absolute Gasteiger partial charge is 0.483 e. The minimum Gasteiger partial charge on any atom is -0.483 e. The van der Waals surface area contributed by atoms with E-state index in [-0.39, 0.29) is 12.2 Å². The van der Waals surface area contributed by atoms with Crippen molar-refractivity contribution in [3.8, 4) is 0 Å². The van der Waals surface area contributed by atoms with Gasteiger partial charge in [0, 0.05) is 17.2 Å². The van der Waals surface area contributed by atoms with E-state index in [1.807, 2.05) is 0 Å². The second-order valence-corrected chi connectivity index (χ2v) is 2.28. The molecule has 0 aromatic heterocycles. The van der Waals surface area contributed by atoms with Gasteiger partial charge in [-0.15, -0.1) is 0 Å². The molecular formula is C7H6ClNO4. The van der Waals surface area contributed by atoms with Gasteiger partial charge in [-0.3, -0.25) is 14.9 Å². The van der Waals surface area contributed by atoms with Gasteiger partial charge in [-0.2, -0.15) is 0 Å². The number of hydrogen-bond donors (Lipinski definition) is 1. The third-order valence-corrected chi connectivity index (χ3v) is 1.25. The van der Waals surface area contributed by atoms with Crippen LogP contribution in [0, 0.1) is 10.1 Å². The summed E-state index contributed by atoms with van der Waals surface area (Å²) in [4.78, 5) is 18.0. The van der Waals surface area contributed by atoms with E-state index in [1.54, 1.807) is 12.1 Å². The fraction of sp³-hybridized carbons (Fsp3) is 0. The molecule has 6 heteroatoms. The number of halogens is 1. The van der Waals surface area contributed by atoms with Gasteiger partial charge in [0.1, 0.15) is 0 Å². The molecule has 0 unspecified atom stereocenters. The summed E-state index contributed by atoms with van der Waals surface area (Å²) in [6.45, 7) is -0.250. The van der Waals surface area contributed by atoms with Gasteiger partial charge in [0.15, 0.2) is 0 Å². The molecule has 0 spiro atoms. The number of rotatable bonds is 1. The van der Waals surface area contributed by atoms with Crippen LogP contribution in [-0.2, 0) is 4.79 Å². The maximum atomic E-state index is 10.1. The van der Waals surface area contributed by atoms with Crippen LogP contribution in [0.15, 0.2) is 24.3 Å². The van der Waals surface area contributed by atoms with Crippen LogP contribution in [0.4, 0.5) is 5.69 Å². The van der Waals surface area contributed by atoms with Gasteiger partial charge in [0.2, 0.25) is 0 Å². The van der Waals surface area contributed by atoms with Crippen LogP contribution in [0.5, 0.6) is 0 Å². The van der Waals surface area contributed by atoms with Crippen LogP contribution in [0.25, 0.3) is 0 Å². The summed E-state index contributed by atoms with van der Waals surface area (Å²) in [5.74, 6) is 0. The van der Waals surface area contributed by atoms with Gasteiger partial charge in [0.25, 0.3) is 12.2 Å². The molecule has 0 aliphatic rings. The van der Waals surface area contributed by atoms with Crippen LogP contribution in [0.2, 0.25) is 5.02 Å². The highest BCUT2D eigenvalue weighted by molar-refractivity contribution is 6.30. The van der Waals surface area contributed by atoms with Gasteiger partial charge >= 0.3 is 0 Å². The molecule has 5 nitrogen and oxygen atoms in total. The molecule has 0 fully saturated rings. The number of nitrogens with zero attached hydrogens (tertiary/aromatic N) is 1. The fourth-order valence-corrected chi connectivity index (χ4v) is 0.774. The second kappa shape index (κ2) is 5.96. The highest BCUT2D eigenvalue weighted by Crippen LogP contribution is 2.16. The Morgan fingerprint density at radius 1 is 1.54 bits per heavy atom. The van der Waals surface area contributed by atoms with Crippen molar-refractivity contribution in [1.29, 1.82) is 0 Å². The molecule has 13 heavy (non-hydrogen) atoms. The number of carbonyl (C=O) groups is 1. The molecule has 0 heterocycles. The van der Waals surface area contributed by atoms with E-state index < -0.39 is 4.92 Å². The smallest absolute Gasteiger partial charge is 0.290 e. The lowest BCUT2D eigenvalue weighted by molar-refractivity contribution is -0.384. The van der Waals surface area contributed by atoms with Crippen molar-refractivity contribution in [1.82, 2.24) is 0 Å². The summed E-state index contributed by atoms with van der Waals surface area (Å²) in [5.41, 5.74) is 0.0208. The third kappa shape index (κ3) is 4.76. The number of hydrogen-bond acceptors (Lipinski definition) is 3. The monoisotopic (exact) mass is 203 g/mol. The Kier molecular flexibility index (Phi) is 5.22. The summed E-state index contributed by atoms with van der Waals surface area (Å²) in [7, 11) is 0. The third-order valence-electron chi connectivity index (χ3n) is 1.02. The molecule has 0 saturated carbocycles. The summed E-state index contributed by atoms with van der Waals surface area (Å²) in [5, 5.41) is 17.4. The molecule has 1 aromatic rings. The number of non-ortho nitro benzene ring substituents is 1. The van der Waals surface area contributed by atoms with Gasteiger partial charge in [-0.1, -0.05) is 17.7 Å². The number of nitro benzene ring substituents is 1. The van der Waals surface area contributed by atoms with E-state index in [0.717, 1.165) is 0 Å². The van der Waals surface area contributed by atoms with E-state index in [4.69, 9.17) is 21.5 Å². The van der Waals surface area contributed by atoms with Crippen LogP contribution < -0.4 is 0 Å². The fourth-order valence-electron chi connectivity index (χ4n) is 0.590. The van der Waals surface area contributed by atoms with Gasteiger partial charge < -0.3 is 5.11 Å². The van der Waals surface area contributed by atoms with E-state index >= 15 is 0 Å². The molecule has 0 radical (unpaired) electrons. The van der Waals surface area contributed by atoms with E-state index in [2.05, 4.69) is 0 Å². The molecule has 0 bridgehead atoms. The van der Waals surface area contributed by atoms with Crippen LogP contribution in [-0.4, -0.2) is 16.5 Å². The van der Waals surface area contributed by atoms with Gasteiger partial charge in [-0.25, -0.2) is 0 Å². The first-order chi connectivity index (χ1) is 6.11. The van der Waals surface area contributed by atoms with Crippen molar-refractivity contribution in [2.75, 3.05) is 0 Å². The summed E-state index contributed by atoms with van der Waals surface area (Å²) < 4.78 is 0. The molecule has 1 aromatic carbocycles. The first-order valence-electron chi connectivity index (χ1n) is 3.09. The zero-order valence-corrected chi connectivity index (χ0v) is 7.14. The molecule has 0 amide bonds. The lowest BCUT2D eigenvalue weighted by Gasteiger charge is -1.89. The van der Waals surface area contributed by atoms with Crippen LogP contribution in [0.1, 0.15) is 0 Å². The van der Waals surface area contributed by atoms with Gasteiger partial charge in [0.05, 0.1) is 4.92 Å². The number of nitro groups is 1. The van der Waals surface area contributed by atoms with Gasteiger partial charge in [-0.05, 0) is 6.07 Å². The average molecular weight is 204 g/mol. The average Bonchev–Trinajstić information content (AvgIpc) is 2.05. The predicted molar refractivity (Wildman–Crippen MR) is 46.8 cm³/mol. The molecule has 70 valence electrons. The molecule has 0 saturated heterocycles. The van der Waals surface area contributed by atoms with Crippen molar-refractivity contribution in [3.05, 3.63) is 39.4 Å². The first kappa shape index (κ1) is 11.4. The Morgan fingerprint density at radius 2 is 2.08 bits per heavy atom. The Bertz CT molecular complexity index is 302. The standard InChI is InChI=1S/C6H4ClNO2.CH2O2/c7-5-2-1-3-6(4-5)8(9)10;2-1-3/h1-4H;1H,(H,2,3). The molecule has 0 atom stereocenters. The maximum Gasteiger partial charge on any atom is 0.290 e. The summed E-state index contributed by atoms with van der Waals surface area (Å²) in [6.07, 6.45) is 0. The van der Waals surface area contributed by atoms with E-state index in [9.17, 15) is 10.1 Å². The van der Waals surface area contributed by atoms with Crippen molar-refractivity contribution in [2.24, 2.45) is 0 Å². The SMILES string of the molecule is O=CO.O=[N+]([O-])c1cccc(Cl)c1. The van der Waals surface area contributed by atoms with Crippen LogP contribution in [0.3, 0.4) is 0 Å². The molecule has 1 N–H and O–H groups in total. The van der Waals surface area contributed by atoms with Crippen molar-refractivity contribution in [2.45, 2.75) is 0 Å². The highest BCUT2D eigenvalue weighted by atomic mass is 35.5. The lowest BCUT2D eigenvalue weighted by Crippen LogP contribution is -1.85. The number of carboxylic acid groups (broad SMARTS) is 1. The molecular weight excluding hydrogens is 198 g/mol. The predicted octanol–water partition coefficient (Wildman–Crippen LogP) is 1.95. The molecule has 0 aliphatic carbocycles. The first-order valence-corrected chi connectivity index (χ1v) is 3.47. The normalized spacial score (nSPS) is 8.08. The zero-order chi connectivity index (χ0) is 10.3. The Balaban J connectivity index is 0.000000424. The second-order valence-electron chi connectivity index (χ2n) is 1.84. The minimum absolute atomic E-state index is 0.0208. The Morgan fingerprint density at radius 3 is 2.38 bits per heavy atom. The van der Waals surface area contributed by atoms with Crippen molar-refractivity contribution in [3.63, 3.8) is 0 Å². The quantitative estimate of drug-likeness (QED) is 0.430. The maximum absolute atomic E-state index is 10.1. The zero-order valence-electron chi connectivity index (χ0n) is 6.38. The Hall–Kier alpha value is -1.62. The summed E-state index contributed by atoms with van der Waals surface area (Å²) in [6, 6.07) is 5.84. The number of benzene rings is 1. The molecule has 1 rings (SSSR count). The van der Waals surface area contributed by atoms with Crippen molar-refractivity contribution < 1.29 is 14.8 Å². The highest BCUT2D eigenvalue weighted by Gasteiger charge is 2.02. The minimum atomic E-state index is -0.480. The lowest BCUT2D eigenvalue weighted by atomic mass is 10.3. The van der Waals surface area contributed by atoms with Crippen LogP contribution >= 0.6 is 11.6 Å². The van der Waals surface area contributed by atoms with E-state index in [1.165, 1.54) is 12.1 Å². The Labute approximate surface area is 78.7 Å². The topological polar surface area (TPSA) is 80.4 Å². The molecule has 0 aliphatic heterocycles. The van der Waals surface area contributed by atoms with E-state index in [0.29, 0.717) is 5.02 Å². The van der Waals surface area contributed by atoms with Crippen molar-refractivity contribution >= 4 is 23.8 Å².